The number of benzene rings is 3. The van der Waals surface area contributed by atoms with E-state index in [1.165, 1.54) is 0 Å². The minimum atomic E-state index is -0.909. The van der Waals surface area contributed by atoms with Gasteiger partial charge in [-0.05, 0) is 65.9 Å². The van der Waals surface area contributed by atoms with Crippen LogP contribution >= 0.6 is 0 Å². The number of aromatic hydroxyl groups is 2. The summed E-state index contributed by atoms with van der Waals surface area (Å²) in [6.45, 7) is 2.59. The molecule has 3 aromatic carbocycles. The van der Waals surface area contributed by atoms with Crippen LogP contribution in [0.4, 0.5) is 0 Å². The molecule has 0 bridgehead atoms. The van der Waals surface area contributed by atoms with E-state index in [1.54, 1.807) is 36.4 Å². The summed E-state index contributed by atoms with van der Waals surface area (Å²) in [5.74, 6) is -0.372. The van der Waals surface area contributed by atoms with Crippen molar-refractivity contribution in [1.82, 2.24) is 4.57 Å². The van der Waals surface area contributed by atoms with Crippen molar-refractivity contribution in [2.24, 2.45) is 5.73 Å². The molecule has 7 heteroatoms. The molecule has 1 atom stereocenters. The number of nitrogens with two attached hydrogens (primary N) is 1. The second-order valence-corrected chi connectivity index (χ2v) is 9.38. The summed E-state index contributed by atoms with van der Waals surface area (Å²) >= 11 is 0. The zero-order chi connectivity index (χ0) is 26.4. The number of phenolic OH excluding ortho intramolecular Hbond substituents is 2. The monoisotopic (exact) mass is 502 g/mol. The molecular weight excluding hydrogens is 468 g/mol. The zero-order valence-corrected chi connectivity index (χ0v) is 21.1. The molecule has 0 aliphatic carbocycles. The lowest BCUT2D eigenvalue weighted by atomic mass is 10.0. The lowest BCUT2D eigenvalue weighted by Crippen LogP contribution is -2.21. The van der Waals surface area contributed by atoms with Gasteiger partial charge in [0, 0.05) is 30.1 Å². The molecule has 0 saturated heterocycles. The van der Waals surface area contributed by atoms with E-state index >= 15 is 0 Å². The van der Waals surface area contributed by atoms with Crippen molar-refractivity contribution in [3.63, 3.8) is 0 Å². The van der Waals surface area contributed by atoms with Crippen LogP contribution < -0.4 is 5.73 Å². The molecule has 37 heavy (non-hydrogen) atoms. The first kappa shape index (κ1) is 26.3. The molecule has 1 heterocycles. The maximum Gasteiger partial charge on any atom is 0.338 e. The van der Waals surface area contributed by atoms with Crippen LogP contribution in [0.15, 0.2) is 66.9 Å². The van der Waals surface area contributed by atoms with Crippen LogP contribution in [0, 0.1) is 0 Å². The standard InChI is InChI=1S/C30H34N2O5/c1-2-3-7-20-13-28(34)26(29(35)14-20)18-32-17-23(25-12-21(16-31)10-11-27(25)32)15-24(33)19-37-30(36)22-8-5-4-6-9-22/h4-6,8-14,17,24,33-35H,2-3,7,15-16,18-19,31H2,1H3/t24-/m0/s1. The van der Waals surface area contributed by atoms with Crippen molar-refractivity contribution in [2.75, 3.05) is 6.61 Å². The quantitative estimate of drug-likeness (QED) is 0.222. The number of esters is 1. The van der Waals surface area contributed by atoms with Gasteiger partial charge in [-0.15, -0.1) is 0 Å². The number of rotatable bonds is 11. The van der Waals surface area contributed by atoms with Crippen molar-refractivity contribution in [1.29, 1.82) is 0 Å². The fourth-order valence-electron chi connectivity index (χ4n) is 4.54. The van der Waals surface area contributed by atoms with Gasteiger partial charge in [-0.1, -0.05) is 37.6 Å². The molecule has 4 aromatic rings. The maximum atomic E-state index is 12.3. The molecule has 0 aliphatic rings. The van der Waals surface area contributed by atoms with Crippen molar-refractivity contribution in [2.45, 2.75) is 51.8 Å². The second-order valence-electron chi connectivity index (χ2n) is 9.38. The van der Waals surface area contributed by atoms with Gasteiger partial charge in [-0.25, -0.2) is 4.79 Å². The summed E-state index contributed by atoms with van der Waals surface area (Å²) in [5, 5.41) is 32.9. The number of aromatic nitrogens is 1. The van der Waals surface area contributed by atoms with Gasteiger partial charge in [0.1, 0.15) is 18.1 Å². The third-order valence-electron chi connectivity index (χ3n) is 6.55. The van der Waals surface area contributed by atoms with Gasteiger partial charge in [0.2, 0.25) is 0 Å². The Hall–Kier alpha value is -3.81. The van der Waals surface area contributed by atoms with Crippen LogP contribution in [0.25, 0.3) is 10.9 Å². The minimum absolute atomic E-state index is 0.0564. The number of aliphatic hydroxyl groups excluding tert-OH is 1. The Morgan fingerprint density at radius 1 is 1.03 bits per heavy atom. The number of carbonyl (C=O) groups excluding carboxylic acids is 1. The third kappa shape index (κ3) is 6.31. The van der Waals surface area contributed by atoms with Gasteiger partial charge in [-0.2, -0.15) is 0 Å². The lowest BCUT2D eigenvalue weighted by molar-refractivity contribution is 0.0259. The van der Waals surface area contributed by atoms with Gasteiger partial charge in [0.15, 0.2) is 0 Å². The molecule has 0 fully saturated rings. The van der Waals surface area contributed by atoms with Crippen molar-refractivity contribution in [3.8, 4) is 11.5 Å². The normalized spacial score (nSPS) is 12.1. The minimum Gasteiger partial charge on any atom is -0.507 e. The highest BCUT2D eigenvalue weighted by Gasteiger charge is 2.18. The Labute approximate surface area is 216 Å². The Morgan fingerprint density at radius 2 is 1.76 bits per heavy atom. The van der Waals surface area contributed by atoms with E-state index < -0.39 is 12.1 Å². The first-order valence-electron chi connectivity index (χ1n) is 12.6. The van der Waals surface area contributed by atoms with Crippen molar-refractivity contribution >= 4 is 16.9 Å². The Kier molecular flexibility index (Phi) is 8.48. The van der Waals surface area contributed by atoms with E-state index in [1.807, 2.05) is 35.0 Å². The van der Waals surface area contributed by atoms with E-state index in [2.05, 4.69) is 6.92 Å². The summed E-state index contributed by atoms with van der Waals surface area (Å²) in [6.07, 6.45) is 4.06. The molecule has 7 nitrogen and oxygen atoms in total. The molecule has 5 N–H and O–H groups in total. The van der Waals surface area contributed by atoms with Crippen LogP contribution in [-0.2, 0) is 30.7 Å². The molecule has 194 valence electrons. The van der Waals surface area contributed by atoms with Gasteiger partial charge in [0.25, 0.3) is 0 Å². The lowest BCUT2D eigenvalue weighted by Gasteiger charge is -2.12. The number of nitrogens with zero attached hydrogens (tertiary/aromatic N) is 1. The van der Waals surface area contributed by atoms with Crippen LogP contribution in [-0.4, -0.2) is 38.6 Å². The first-order valence-corrected chi connectivity index (χ1v) is 12.6. The predicted octanol–water partition coefficient (Wildman–Crippen LogP) is 4.66. The number of phenols is 2. The van der Waals surface area contributed by atoms with Crippen molar-refractivity contribution in [3.05, 3.63) is 94.7 Å². The highest BCUT2D eigenvalue weighted by atomic mass is 16.5. The van der Waals surface area contributed by atoms with Crippen LogP contribution in [0.3, 0.4) is 0 Å². The topological polar surface area (TPSA) is 118 Å². The molecule has 0 spiro atoms. The van der Waals surface area contributed by atoms with Crippen molar-refractivity contribution < 1.29 is 24.9 Å². The molecular formula is C30H34N2O5. The second kappa shape index (κ2) is 12.0. The van der Waals surface area contributed by atoms with E-state index in [-0.39, 0.29) is 31.1 Å². The van der Waals surface area contributed by atoms with E-state index in [0.29, 0.717) is 17.7 Å². The van der Waals surface area contributed by atoms with Crippen LogP contribution in [0.1, 0.15) is 52.4 Å². The van der Waals surface area contributed by atoms with Gasteiger partial charge >= 0.3 is 5.97 Å². The number of fused-ring (bicyclic) bond motifs is 1. The first-order chi connectivity index (χ1) is 17.9. The average molecular weight is 503 g/mol. The number of carbonyl (C=O) groups is 1. The molecule has 0 unspecified atom stereocenters. The Morgan fingerprint density at radius 3 is 2.43 bits per heavy atom. The molecule has 1 aromatic heterocycles. The molecule has 0 radical (unpaired) electrons. The number of hydrogen-bond acceptors (Lipinski definition) is 6. The fourth-order valence-corrected chi connectivity index (χ4v) is 4.54. The summed E-state index contributed by atoms with van der Waals surface area (Å²) in [4.78, 5) is 12.3. The highest BCUT2D eigenvalue weighted by molar-refractivity contribution is 5.89. The van der Waals surface area contributed by atoms with E-state index in [9.17, 15) is 20.1 Å². The summed E-state index contributed by atoms with van der Waals surface area (Å²) < 4.78 is 7.25. The highest BCUT2D eigenvalue weighted by Crippen LogP contribution is 2.33. The molecule has 0 aliphatic heterocycles. The number of ether oxygens (including phenoxy) is 1. The van der Waals surface area contributed by atoms with Crippen LogP contribution in [0.5, 0.6) is 11.5 Å². The van der Waals surface area contributed by atoms with Gasteiger partial charge < -0.3 is 30.4 Å². The zero-order valence-electron chi connectivity index (χ0n) is 21.1. The number of unbranched alkanes of at least 4 members (excludes halogenated alkanes) is 1. The van der Waals surface area contributed by atoms with E-state index in [0.717, 1.165) is 46.9 Å². The number of aryl methyl sites for hydroxylation is 1. The third-order valence-corrected chi connectivity index (χ3v) is 6.55. The largest absolute Gasteiger partial charge is 0.507 e. The van der Waals surface area contributed by atoms with E-state index in [4.69, 9.17) is 10.5 Å². The van der Waals surface area contributed by atoms with Gasteiger partial charge in [0.05, 0.1) is 23.8 Å². The molecule has 0 saturated carbocycles. The SMILES string of the molecule is CCCCc1cc(O)c(Cn2cc(C[C@H](O)COC(=O)c3ccccc3)c3cc(CN)ccc32)c(O)c1. The Balaban J connectivity index is 1.56. The molecule has 0 amide bonds. The summed E-state index contributed by atoms with van der Waals surface area (Å²) in [7, 11) is 0. The summed E-state index contributed by atoms with van der Waals surface area (Å²) in [5.41, 5.74) is 10.3. The Bertz CT molecular complexity index is 1340. The predicted molar refractivity (Wildman–Crippen MR) is 144 cm³/mol. The van der Waals surface area contributed by atoms with Gasteiger partial charge in [-0.3, -0.25) is 0 Å². The smallest absolute Gasteiger partial charge is 0.338 e. The average Bonchev–Trinajstić information content (AvgIpc) is 3.24. The summed E-state index contributed by atoms with van der Waals surface area (Å²) in [6, 6.07) is 18.0. The number of hydrogen-bond donors (Lipinski definition) is 4. The van der Waals surface area contributed by atoms with Crippen LogP contribution in [0.2, 0.25) is 0 Å². The number of aliphatic hydroxyl groups is 1. The molecule has 4 rings (SSSR count). The maximum absolute atomic E-state index is 12.3. The fraction of sp³-hybridized carbons (Fsp3) is 0.300.